The first kappa shape index (κ1) is 13.4. The lowest BCUT2D eigenvalue weighted by atomic mass is 10.1. The van der Waals surface area contributed by atoms with Gasteiger partial charge in [-0.25, -0.2) is 0 Å². The number of halogens is 1. The number of carbonyl (C=O) groups excluding carboxylic acids is 1. The molecule has 2 rings (SSSR count). The molecule has 1 aromatic carbocycles. The molecule has 1 heterocycles. The van der Waals surface area contributed by atoms with Crippen molar-refractivity contribution in [2.24, 2.45) is 0 Å². The summed E-state index contributed by atoms with van der Waals surface area (Å²) in [7, 11) is 0. The maximum absolute atomic E-state index is 11.1. The number of carbonyl (C=O) groups is 1. The fourth-order valence-corrected chi connectivity index (χ4v) is 2.36. The molecule has 1 N–H and O–H groups in total. The first-order chi connectivity index (χ1) is 8.69. The Morgan fingerprint density at radius 1 is 1.61 bits per heavy atom. The average molecular weight is 314 g/mol. The lowest BCUT2D eigenvalue weighted by Gasteiger charge is -2.11. The molecule has 0 spiro atoms. The molecule has 1 aromatic rings. The van der Waals surface area contributed by atoms with E-state index in [4.69, 9.17) is 9.47 Å². The van der Waals surface area contributed by atoms with E-state index >= 15 is 0 Å². The summed E-state index contributed by atoms with van der Waals surface area (Å²) < 4.78 is 11.7. The zero-order valence-corrected chi connectivity index (χ0v) is 11.8. The quantitative estimate of drug-likeness (QED) is 0.844. The van der Waals surface area contributed by atoms with Crippen LogP contribution in [0.25, 0.3) is 0 Å². The molecule has 1 aliphatic heterocycles. The van der Waals surface area contributed by atoms with Crippen molar-refractivity contribution in [3.63, 3.8) is 0 Å². The van der Waals surface area contributed by atoms with Gasteiger partial charge in [-0.05, 0) is 30.7 Å². The van der Waals surface area contributed by atoms with Crippen LogP contribution >= 0.6 is 15.9 Å². The van der Waals surface area contributed by atoms with Crippen molar-refractivity contribution in [2.45, 2.75) is 19.4 Å². The van der Waals surface area contributed by atoms with Gasteiger partial charge in [0, 0.05) is 17.4 Å². The van der Waals surface area contributed by atoms with Crippen molar-refractivity contribution >= 4 is 21.9 Å². The molecule has 18 heavy (non-hydrogen) atoms. The third-order valence-corrected chi connectivity index (χ3v) is 3.20. The van der Waals surface area contributed by atoms with E-state index in [2.05, 4.69) is 27.3 Å². The summed E-state index contributed by atoms with van der Waals surface area (Å²) in [5, 5.41) is 3.05. The Kier molecular flexibility index (Phi) is 4.60. The van der Waals surface area contributed by atoms with Crippen molar-refractivity contribution in [3.8, 4) is 5.75 Å². The second kappa shape index (κ2) is 6.20. The van der Waals surface area contributed by atoms with Crippen molar-refractivity contribution in [1.29, 1.82) is 0 Å². The molecule has 0 radical (unpaired) electrons. The van der Waals surface area contributed by atoms with Crippen LogP contribution in [0.1, 0.15) is 12.5 Å². The average Bonchev–Trinajstić information content (AvgIpc) is 2.71. The Balaban J connectivity index is 1.76. The Labute approximate surface area is 115 Å². The smallest absolute Gasteiger partial charge is 0.319 e. The maximum atomic E-state index is 11.1. The highest BCUT2D eigenvalue weighted by Crippen LogP contribution is 2.30. The fourth-order valence-electron chi connectivity index (χ4n) is 1.95. The van der Waals surface area contributed by atoms with Gasteiger partial charge >= 0.3 is 5.97 Å². The number of ether oxygens (including phenoxy) is 2. The third kappa shape index (κ3) is 3.46. The van der Waals surface area contributed by atoms with Gasteiger partial charge in [0.15, 0.2) is 0 Å². The SMILES string of the molecule is CCOC(=O)CNCC1Cc2cc(Br)ccc2O1. The van der Waals surface area contributed by atoms with Gasteiger partial charge < -0.3 is 14.8 Å². The van der Waals surface area contributed by atoms with E-state index < -0.39 is 0 Å². The predicted octanol–water partition coefficient (Wildman–Crippen LogP) is 1.91. The minimum atomic E-state index is -0.226. The lowest BCUT2D eigenvalue weighted by Crippen LogP contribution is -2.34. The monoisotopic (exact) mass is 313 g/mol. The topological polar surface area (TPSA) is 47.6 Å². The first-order valence-electron chi connectivity index (χ1n) is 6.00. The Morgan fingerprint density at radius 2 is 2.44 bits per heavy atom. The Hall–Kier alpha value is -1.07. The number of benzene rings is 1. The molecule has 0 amide bonds. The number of hydrogen-bond acceptors (Lipinski definition) is 4. The van der Waals surface area contributed by atoms with Gasteiger partial charge in [-0.15, -0.1) is 0 Å². The predicted molar refractivity (Wildman–Crippen MR) is 71.8 cm³/mol. The molecule has 0 aromatic heterocycles. The Bertz CT molecular complexity index is 436. The largest absolute Gasteiger partial charge is 0.488 e. The van der Waals surface area contributed by atoms with Gasteiger partial charge in [0.05, 0.1) is 13.2 Å². The molecule has 4 nitrogen and oxygen atoms in total. The highest BCUT2D eigenvalue weighted by atomic mass is 79.9. The van der Waals surface area contributed by atoms with E-state index in [0.717, 1.165) is 16.6 Å². The number of esters is 1. The fraction of sp³-hybridized carbons (Fsp3) is 0.462. The summed E-state index contributed by atoms with van der Waals surface area (Å²) in [5.41, 5.74) is 1.20. The Morgan fingerprint density at radius 3 is 3.22 bits per heavy atom. The molecule has 0 fully saturated rings. The van der Waals surface area contributed by atoms with Crippen LogP contribution in [0.2, 0.25) is 0 Å². The van der Waals surface area contributed by atoms with Crippen LogP contribution in [-0.2, 0) is 16.0 Å². The number of nitrogens with one attached hydrogen (secondary N) is 1. The number of hydrogen-bond donors (Lipinski definition) is 1. The molecule has 0 aliphatic carbocycles. The van der Waals surface area contributed by atoms with Gasteiger partial charge in [-0.3, -0.25) is 4.79 Å². The van der Waals surface area contributed by atoms with Gasteiger partial charge in [-0.2, -0.15) is 0 Å². The van der Waals surface area contributed by atoms with Gasteiger partial charge in [0.25, 0.3) is 0 Å². The molecule has 1 unspecified atom stereocenters. The molecule has 0 saturated heterocycles. The summed E-state index contributed by atoms with van der Waals surface area (Å²) >= 11 is 3.44. The number of fused-ring (bicyclic) bond motifs is 1. The van der Waals surface area contributed by atoms with Crippen LogP contribution in [0, 0.1) is 0 Å². The molecule has 1 aliphatic rings. The van der Waals surface area contributed by atoms with Gasteiger partial charge in [0.2, 0.25) is 0 Å². The zero-order valence-electron chi connectivity index (χ0n) is 10.2. The standard InChI is InChI=1S/C13H16BrNO3/c1-2-17-13(16)8-15-7-11-6-9-5-10(14)3-4-12(9)18-11/h3-5,11,15H,2,6-8H2,1H3. The van der Waals surface area contributed by atoms with Gasteiger partial charge in [0.1, 0.15) is 11.9 Å². The van der Waals surface area contributed by atoms with Crippen molar-refractivity contribution in [2.75, 3.05) is 19.7 Å². The molecular formula is C13H16BrNO3. The van der Waals surface area contributed by atoms with Crippen molar-refractivity contribution in [1.82, 2.24) is 5.32 Å². The van der Waals surface area contributed by atoms with Crippen LogP contribution < -0.4 is 10.1 Å². The maximum Gasteiger partial charge on any atom is 0.319 e. The van der Waals surface area contributed by atoms with E-state index in [1.807, 2.05) is 12.1 Å². The van der Waals surface area contributed by atoms with E-state index in [-0.39, 0.29) is 18.6 Å². The second-order valence-electron chi connectivity index (χ2n) is 4.13. The second-order valence-corrected chi connectivity index (χ2v) is 5.05. The zero-order chi connectivity index (χ0) is 13.0. The minimum absolute atomic E-state index is 0.0868. The normalized spacial score (nSPS) is 17.1. The van der Waals surface area contributed by atoms with Crippen LogP contribution in [-0.4, -0.2) is 31.8 Å². The molecular weight excluding hydrogens is 298 g/mol. The highest BCUT2D eigenvalue weighted by molar-refractivity contribution is 9.10. The molecule has 98 valence electrons. The van der Waals surface area contributed by atoms with E-state index in [1.54, 1.807) is 6.92 Å². The summed E-state index contributed by atoms with van der Waals surface area (Å²) in [6.45, 7) is 3.09. The van der Waals surface area contributed by atoms with Gasteiger partial charge in [-0.1, -0.05) is 15.9 Å². The van der Waals surface area contributed by atoms with Crippen LogP contribution in [0.3, 0.4) is 0 Å². The molecule has 0 saturated carbocycles. The third-order valence-electron chi connectivity index (χ3n) is 2.71. The molecule has 5 heteroatoms. The number of rotatable bonds is 5. The lowest BCUT2D eigenvalue weighted by molar-refractivity contribution is -0.142. The van der Waals surface area contributed by atoms with E-state index in [9.17, 15) is 4.79 Å². The van der Waals surface area contributed by atoms with E-state index in [0.29, 0.717) is 13.2 Å². The molecule has 1 atom stereocenters. The summed E-state index contributed by atoms with van der Waals surface area (Å²) in [6, 6.07) is 6.00. The van der Waals surface area contributed by atoms with Crippen LogP contribution in [0.15, 0.2) is 22.7 Å². The van der Waals surface area contributed by atoms with Crippen molar-refractivity contribution < 1.29 is 14.3 Å². The summed E-state index contributed by atoms with van der Waals surface area (Å²) in [5.74, 6) is 0.705. The summed E-state index contributed by atoms with van der Waals surface area (Å²) in [6.07, 6.45) is 0.952. The van der Waals surface area contributed by atoms with Crippen LogP contribution in [0.5, 0.6) is 5.75 Å². The minimum Gasteiger partial charge on any atom is -0.488 e. The highest BCUT2D eigenvalue weighted by Gasteiger charge is 2.22. The summed E-state index contributed by atoms with van der Waals surface area (Å²) in [4.78, 5) is 11.1. The first-order valence-corrected chi connectivity index (χ1v) is 6.79. The van der Waals surface area contributed by atoms with Crippen LogP contribution in [0.4, 0.5) is 0 Å². The van der Waals surface area contributed by atoms with E-state index in [1.165, 1.54) is 5.56 Å². The molecule has 0 bridgehead atoms. The van der Waals surface area contributed by atoms with Crippen molar-refractivity contribution in [3.05, 3.63) is 28.2 Å².